The number of benzene rings is 1. The van der Waals surface area contributed by atoms with E-state index in [2.05, 4.69) is 28.1 Å². The topological polar surface area (TPSA) is 42.1 Å². The van der Waals surface area contributed by atoms with Crippen molar-refractivity contribution >= 4 is 5.69 Å². The summed E-state index contributed by atoms with van der Waals surface area (Å²) in [5.74, 6) is 0. The zero-order valence-electron chi connectivity index (χ0n) is 11.0. The van der Waals surface area contributed by atoms with Gasteiger partial charge < -0.3 is 5.73 Å². The number of hydrogen-bond donors (Lipinski definition) is 1. The number of aromatic nitrogens is 1. The average Bonchev–Trinajstić information content (AvgIpc) is 2.90. The minimum absolute atomic E-state index is 0.506. The molecule has 1 saturated heterocycles. The summed E-state index contributed by atoms with van der Waals surface area (Å²) in [7, 11) is 0. The van der Waals surface area contributed by atoms with E-state index >= 15 is 0 Å². The van der Waals surface area contributed by atoms with Crippen LogP contribution in [0.5, 0.6) is 0 Å². The molecular formula is C16H19N3. The quantitative estimate of drug-likeness (QED) is 0.855. The van der Waals surface area contributed by atoms with Gasteiger partial charge in [-0.15, -0.1) is 0 Å². The van der Waals surface area contributed by atoms with E-state index in [1.807, 2.05) is 30.6 Å². The van der Waals surface area contributed by atoms with Crippen molar-refractivity contribution in [2.75, 3.05) is 12.3 Å². The zero-order valence-corrected chi connectivity index (χ0v) is 11.0. The fourth-order valence-corrected chi connectivity index (χ4v) is 2.82. The van der Waals surface area contributed by atoms with Crippen molar-refractivity contribution in [1.29, 1.82) is 0 Å². The van der Waals surface area contributed by atoms with E-state index < -0.39 is 0 Å². The molecule has 0 spiro atoms. The average molecular weight is 253 g/mol. The van der Waals surface area contributed by atoms with Gasteiger partial charge in [-0.05, 0) is 48.7 Å². The Kier molecular flexibility index (Phi) is 3.47. The van der Waals surface area contributed by atoms with Gasteiger partial charge in [-0.2, -0.15) is 0 Å². The molecule has 1 aliphatic rings. The van der Waals surface area contributed by atoms with Gasteiger partial charge in [0.2, 0.25) is 0 Å². The van der Waals surface area contributed by atoms with Crippen molar-refractivity contribution in [2.45, 2.75) is 25.4 Å². The van der Waals surface area contributed by atoms with Crippen LogP contribution in [0.1, 0.15) is 30.0 Å². The first-order valence-corrected chi connectivity index (χ1v) is 6.81. The van der Waals surface area contributed by atoms with Crippen LogP contribution in [0.15, 0.2) is 48.8 Å². The van der Waals surface area contributed by atoms with Gasteiger partial charge in [0.15, 0.2) is 0 Å². The molecule has 0 amide bonds. The molecule has 2 N–H and O–H groups in total. The second kappa shape index (κ2) is 5.41. The Hall–Kier alpha value is -1.87. The smallest absolute Gasteiger partial charge is 0.0367 e. The Morgan fingerprint density at radius 1 is 1.21 bits per heavy atom. The standard InChI is InChI=1S/C16H19N3/c17-15-7-5-13(6-8-15)12-19-10-2-4-16(19)14-3-1-9-18-11-14/h1,3,5-9,11,16H,2,4,10,12,17H2. The van der Waals surface area contributed by atoms with Gasteiger partial charge in [-0.3, -0.25) is 9.88 Å². The van der Waals surface area contributed by atoms with Crippen LogP contribution >= 0.6 is 0 Å². The molecule has 3 heteroatoms. The highest BCUT2D eigenvalue weighted by Crippen LogP contribution is 2.32. The highest BCUT2D eigenvalue weighted by atomic mass is 15.2. The number of rotatable bonds is 3. The molecule has 2 heterocycles. The van der Waals surface area contributed by atoms with Crippen LogP contribution in [0, 0.1) is 0 Å². The SMILES string of the molecule is Nc1ccc(CN2CCCC2c2cccnc2)cc1. The molecule has 1 aromatic heterocycles. The van der Waals surface area contributed by atoms with Crippen LogP contribution in [0.4, 0.5) is 5.69 Å². The lowest BCUT2D eigenvalue weighted by Crippen LogP contribution is -2.22. The molecule has 0 aliphatic carbocycles. The van der Waals surface area contributed by atoms with Crippen molar-refractivity contribution in [3.63, 3.8) is 0 Å². The first-order valence-electron chi connectivity index (χ1n) is 6.81. The van der Waals surface area contributed by atoms with Gasteiger partial charge in [-0.1, -0.05) is 18.2 Å². The summed E-state index contributed by atoms with van der Waals surface area (Å²) >= 11 is 0. The van der Waals surface area contributed by atoms with Crippen molar-refractivity contribution in [2.24, 2.45) is 0 Å². The molecule has 0 saturated carbocycles. The highest BCUT2D eigenvalue weighted by Gasteiger charge is 2.25. The summed E-state index contributed by atoms with van der Waals surface area (Å²) in [5, 5.41) is 0. The van der Waals surface area contributed by atoms with Gasteiger partial charge in [-0.25, -0.2) is 0 Å². The fourth-order valence-electron chi connectivity index (χ4n) is 2.82. The first kappa shape index (κ1) is 12.2. The van der Waals surface area contributed by atoms with Crippen LogP contribution in [-0.2, 0) is 6.54 Å². The summed E-state index contributed by atoms with van der Waals surface area (Å²) < 4.78 is 0. The second-order valence-electron chi connectivity index (χ2n) is 5.16. The third-order valence-electron chi connectivity index (χ3n) is 3.80. The van der Waals surface area contributed by atoms with Gasteiger partial charge in [0.1, 0.15) is 0 Å². The van der Waals surface area contributed by atoms with Crippen LogP contribution in [0.2, 0.25) is 0 Å². The maximum absolute atomic E-state index is 5.73. The van der Waals surface area contributed by atoms with Crippen LogP contribution in [0.3, 0.4) is 0 Å². The molecule has 1 aliphatic heterocycles. The van der Waals surface area contributed by atoms with Crippen LogP contribution < -0.4 is 5.73 Å². The molecular weight excluding hydrogens is 234 g/mol. The Morgan fingerprint density at radius 3 is 2.79 bits per heavy atom. The molecule has 19 heavy (non-hydrogen) atoms. The number of anilines is 1. The molecule has 3 rings (SSSR count). The number of hydrogen-bond acceptors (Lipinski definition) is 3. The minimum Gasteiger partial charge on any atom is -0.399 e. The summed E-state index contributed by atoms with van der Waals surface area (Å²) in [6, 6.07) is 12.9. The molecule has 0 bridgehead atoms. The molecule has 3 nitrogen and oxygen atoms in total. The second-order valence-corrected chi connectivity index (χ2v) is 5.16. The van der Waals surface area contributed by atoms with E-state index in [1.165, 1.54) is 24.0 Å². The lowest BCUT2D eigenvalue weighted by atomic mass is 10.1. The zero-order chi connectivity index (χ0) is 13.1. The molecule has 98 valence electrons. The minimum atomic E-state index is 0.506. The lowest BCUT2D eigenvalue weighted by Gasteiger charge is -2.24. The summed E-state index contributed by atoms with van der Waals surface area (Å²) in [6.45, 7) is 2.14. The van der Waals surface area contributed by atoms with Gasteiger partial charge >= 0.3 is 0 Å². The maximum Gasteiger partial charge on any atom is 0.0367 e. The third kappa shape index (κ3) is 2.76. The number of likely N-dealkylation sites (tertiary alicyclic amines) is 1. The normalized spacial score (nSPS) is 19.7. The molecule has 0 radical (unpaired) electrons. The molecule has 2 aromatic rings. The van der Waals surface area contributed by atoms with Crippen molar-refractivity contribution in [1.82, 2.24) is 9.88 Å². The lowest BCUT2D eigenvalue weighted by molar-refractivity contribution is 0.248. The Bertz CT molecular complexity index is 521. The summed E-state index contributed by atoms with van der Waals surface area (Å²) in [4.78, 5) is 6.77. The van der Waals surface area contributed by atoms with E-state index in [0.29, 0.717) is 6.04 Å². The van der Waals surface area contributed by atoms with Gasteiger partial charge in [0.25, 0.3) is 0 Å². The fraction of sp³-hybridized carbons (Fsp3) is 0.312. The molecule has 1 aromatic carbocycles. The van der Waals surface area contributed by atoms with E-state index in [0.717, 1.165) is 18.8 Å². The Balaban J connectivity index is 1.75. The van der Waals surface area contributed by atoms with E-state index in [-0.39, 0.29) is 0 Å². The number of nitrogens with zero attached hydrogens (tertiary/aromatic N) is 2. The monoisotopic (exact) mass is 253 g/mol. The van der Waals surface area contributed by atoms with Crippen molar-refractivity contribution in [3.8, 4) is 0 Å². The van der Waals surface area contributed by atoms with E-state index in [1.54, 1.807) is 0 Å². The van der Waals surface area contributed by atoms with Gasteiger partial charge in [0.05, 0.1) is 0 Å². The van der Waals surface area contributed by atoms with E-state index in [4.69, 9.17) is 5.73 Å². The number of nitrogen functional groups attached to an aromatic ring is 1. The molecule has 1 fully saturated rings. The molecule has 1 unspecified atom stereocenters. The summed E-state index contributed by atoms with van der Waals surface area (Å²) in [6.07, 6.45) is 6.31. The van der Waals surface area contributed by atoms with Crippen molar-refractivity contribution in [3.05, 3.63) is 59.9 Å². The predicted molar refractivity (Wildman–Crippen MR) is 77.5 cm³/mol. The van der Waals surface area contributed by atoms with Crippen LogP contribution in [-0.4, -0.2) is 16.4 Å². The predicted octanol–water partition coefficient (Wildman–Crippen LogP) is 3.00. The number of pyridine rings is 1. The van der Waals surface area contributed by atoms with E-state index in [9.17, 15) is 0 Å². The third-order valence-corrected chi connectivity index (χ3v) is 3.80. The maximum atomic E-state index is 5.73. The van der Waals surface area contributed by atoms with Crippen molar-refractivity contribution < 1.29 is 0 Å². The number of nitrogens with two attached hydrogens (primary N) is 1. The highest BCUT2D eigenvalue weighted by molar-refractivity contribution is 5.39. The Morgan fingerprint density at radius 2 is 2.05 bits per heavy atom. The largest absolute Gasteiger partial charge is 0.399 e. The molecule has 1 atom stereocenters. The first-order chi connectivity index (χ1) is 9.33. The Labute approximate surface area is 114 Å². The summed E-state index contributed by atoms with van der Waals surface area (Å²) in [5.41, 5.74) is 9.21. The van der Waals surface area contributed by atoms with Gasteiger partial charge in [0, 0.05) is 30.7 Å². The van der Waals surface area contributed by atoms with Crippen LogP contribution in [0.25, 0.3) is 0 Å².